The van der Waals surface area contributed by atoms with Gasteiger partial charge < -0.3 is 4.74 Å². The van der Waals surface area contributed by atoms with Crippen molar-refractivity contribution in [1.29, 1.82) is 0 Å². The molecule has 0 atom stereocenters. The zero-order valence-electron chi connectivity index (χ0n) is 13.7. The summed E-state index contributed by atoms with van der Waals surface area (Å²) in [6.07, 6.45) is 7.42. The van der Waals surface area contributed by atoms with Crippen molar-refractivity contribution in [3.8, 4) is 0 Å². The first kappa shape index (κ1) is 16.7. The van der Waals surface area contributed by atoms with Crippen molar-refractivity contribution < 1.29 is 13.2 Å². The van der Waals surface area contributed by atoms with Crippen LogP contribution in [0.25, 0.3) is 6.08 Å². The average molecular weight is 335 g/mol. The average Bonchev–Trinajstić information content (AvgIpc) is 3.08. The van der Waals surface area contributed by atoms with E-state index in [-0.39, 0.29) is 6.04 Å². The summed E-state index contributed by atoms with van der Waals surface area (Å²) in [6, 6.07) is 8.18. The molecule has 1 aromatic rings. The summed E-state index contributed by atoms with van der Waals surface area (Å²) in [6.45, 7) is 0.891. The number of fused-ring (bicyclic) bond motifs is 1. The number of hydrogen-bond acceptors (Lipinski definition) is 3. The number of sulfonamides is 1. The van der Waals surface area contributed by atoms with Gasteiger partial charge in [-0.1, -0.05) is 37.1 Å². The van der Waals surface area contributed by atoms with Gasteiger partial charge in [0, 0.05) is 19.7 Å². The fraction of sp³-hybridized carbons (Fsp3) is 0.556. The monoisotopic (exact) mass is 335 g/mol. The number of hydrogen-bond donors (Lipinski definition) is 0. The number of benzene rings is 1. The molecule has 3 rings (SSSR count). The molecule has 2 aliphatic carbocycles. The topological polar surface area (TPSA) is 46.6 Å². The zero-order valence-corrected chi connectivity index (χ0v) is 14.5. The molecule has 5 heteroatoms. The molecule has 0 unspecified atom stereocenters. The van der Waals surface area contributed by atoms with E-state index < -0.39 is 10.0 Å². The van der Waals surface area contributed by atoms with Crippen LogP contribution in [0.1, 0.15) is 43.2 Å². The Morgan fingerprint density at radius 3 is 2.65 bits per heavy atom. The fourth-order valence-corrected chi connectivity index (χ4v) is 5.49. The predicted molar refractivity (Wildman–Crippen MR) is 92.5 cm³/mol. The van der Waals surface area contributed by atoms with Crippen LogP contribution in [0.3, 0.4) is 0 Å². The molecule has 0 aromatic heterocycles. The Morgan fingerprint density at radius 1 is 1.17 bits per heavy atom. The molecule has 0 spiro atoms. The Balaban J connectivity index is 1.90. The molecule has 0 N–H and O–H groups in total. The second-order valence-corrected chi connectivity index (χ2v) is 8.30. The summed E-state index contributed by atoms with van der Waals surface area (Å²) in [5.41, 5.74) is 2.27. The number of ether oxygens (including phenoxy) is 1. The number of nitrogens with zero attached hydrogens (tertiary/aromatic N) is 1. The van der Waals surface area contributed by atoms with Crippen LogP contribution in [-0.2, 0) is 21.2 Å². The Morgan fingerprint density at radius 2 is 1.91 bits per heavy atom. The number of allylic oxidation sites excluding steroid dienone is 1. The van der Waals surface area contributed by atoms with E-state index in [1.54, 1.807) is 11.4 Å². The summed E-state index contributed by atoms with van der Waals surface area (Å²) in [5.74, 6) is 0. The molecule has 0 amide bonds. The van der Waals surface area contributed by atoms with E-state index in [2.05, 4.69) is 6.07 Å². The van der Waals surface area contributed by atoms with E-state index in [0.29, 0.717) is 24.5 Å². The normalized spacial score (nSPS) is 19.0. The lowest BCUT2D eigenvalue weighted by Gasteiger charge is -2.30. The molecule has 0 radical (unpaired) electrons. The van der Waals surface area contributed by atoms with Crippen molar-refractivity contribution in [3.05, 3.63) is 40.3 Å². The third kappa shape index (κ3) is 3.52. The lowest BCUT2D eigenvalue weighted by Crippen LogP contribution is -2.41. The smallest absolute Gasteiger partial charge is 0.239 e. The zero-order chi connectivity index (χ0) is 16.3. The summed E-state index contributed by atoms with van der Waals surface area (Å²) >= 11 is 0. The molecule has 1 fully saturated rings. The van der Waals surface area contributed by atoms with Crippen molar-refractivity contribution in [1.82, 2.24) is 4.31 Å². The van der Waals surface area contributed by atoms with Gasteiger partial charge in [0.25, 0.3) is 0 Å². The molecule has 0 heterocycles. The van der Waals surface area contributed by atoms with Crippen LogP contribution in [0.15, 0.2) is 29.2 Å². The highest BCUT2D eigenvalue weighted by molar-refractivity contribution is 7.93. The highest BCUT2D eigenvalue weighted by atomic mass is 32.2. The van der Waals surface area contributed by atoms with E-state index in [9.17, 15) is 8.42 Å². The molecule has 4 nitrogen and oxygen atoms in total. The number of aryl methyl sites for hydroxylation is 1. The van der Waals surface area contributed by atoms with Gasteiger partial charge in [-0.2, -0.15) is 4.31 Å². The van der Waals surface area contributed by atoms with Crippen LogP contribution in [0.4, 0.5) is 0 Å². The van der Waals surface area contributed by atoms with Crippen molar-refractivity contribution in [2.75, 3.05) is 20.3 Å². The van der Waals surface area contributed by atoms with Gasteiger partial charge in [0.1, 0.15) is 0 Å². The minimum absolute atomic E-state index is 0.133. The summed E-state index contributed by atoms with van der Waals surface area (Å²) in [4.78, 5) is 0.555. The van der Waals surface area contributed by atoms with Crippen molar-refractivity contribution in [2.24, 2.45) is 0 Å². The molecule has 126 valence electrons. The summed E-state index contributed by atoms with van der Waals surface area (Å²) < 4.78 is 33.2. The lowest BCUT2D eigenvalue weighted by atomic mass is 9.98. The Kier molecular flexibility index (Phi) is 5.19. The molecule has 1 saturated carbocycles. The highest BCUT2D eigenvalue weighted by Crippen LogP contribution is 2.33. The largest absolute Gasteiger partial charge is 0.383 e. The van der Waals surface area contributed by atoms with E-state index in [4.69, 9.17) is 4.74 Å². The summed E-state index contributed by atoms with van der Waals surface area (Å²) in [5, 5.41) is 0. The number of rotatable bonds is 6. The SMILES string of the molecule is COCCN(C1CCCC1)S(=O)(=O)C1=Cc2ccccc2CC1. The van der Waals surface area contributed by atoms with Gasteiger partial charge in [0.05, 0.1) is 11.5 Å². The van der Waals surface area contributed by atoms with Gasteiger partial charge in [-0.15, -0.1) is 0 Å². The first-order valence-corrected chi connectivity index (χ1v) is 9.86. The standard InChI is InChI=1S/C18H25NO3S/c1-22-13-12-19(17-8-4-5-9-17)23(20,21)18-11-10-15-6-2-3-7-16(15)14-18/h2-3,6-7,14,17H,4-5,8-13H2,1H3. The second kappa shape index (κ2) is 7.16. The molecule has 23 heavy (non-hydrogen) atoms. The van der Waals surface area contributed by atoms with E-state index >= 15 is 0 Å². The Labute approximate surface area is 139 Å². The first-order chi connectivity index (χ1) is 11.1. The third-order valence-electron chi connectivity index (χ3n) is 4.90. The fourth-order valence-electron chi connectivity index (χ4n) is 3.63. The molecule has 1 aromatic carbocycles. The van der Waals surface area contributed by atoms with E-state index in [0.717, 1.165) is 37.7 Å². The van der Waals surface area contributed by atoms with Gasteiger partial charge in [-0.3, -0.25) is 0 Å². The van der Waals surface area contributed by atoms with Crippen molar-refractivity contribution in [2.45, 2.75) is 44.6 Å². The van der Waals surface area contributed by atoms with Crippen molar-refractivity contribution >= 4 is 16.1 Å². The van der Waals surface area contributed by atoms with Gasteiger partial charge in [0.2, 0.25) is 10.0 Å². The Bertz CT molecular complexity index is 675. The lowest BCUT2D eigenvalue weighted by molar-refractivity contribution is 0.166. The minimum atomic E-state index is -3.41. The molecular formula is C18H25NO3S. The van der Waals surface area contributed by atoms with Crippen LogP contribution in [0.2, 0.25) is 0 Å². The quantitative estimate of drug-likeness (QED) is 0.802. The Hall–Kier alpha value is -1.17. The third-order valence-corrected chi connectivity index (χ3v) is 6.98. The highest BCUT2D eigenvalue weighted by Gasteiger charge is 2.34. The van der Waals surface area contributed by atoms with Crippen LogP contribution in [-0.4, -0.2) is 39.0 Å². The predicted octanol–water partition coefficient (Wildman–Crippen LogP) is 3.19. The molecule has 0 aliphatic heterocycles. The first-order valence-electron chi connectivity index (χ1n) is 8.42. The minimum Gasteiger partial charge on any atom is -0.383 e. The van der Waals surface area contributed by atoms with Crippen LogP contribution >= 0.6 is 0 Å². The second-order valence-electron chi connectivity index (χ2n) is 6.36. The van der Waals surface area contributed by atoms with Crippen LogP contribution < -0.4 is 0 Å². The molecule has 0 bridgehead atoms. The van der Waals surface area contributed by atoms with Gasteiger partial charge >= 0.3 is 0 Å². The maximum Gasteiger partial charge on any atom is 0.239 e. The van der Waals surface area contributed by atoms with Gasteiger partial charge in [-0.25, -0.2) is 8.42 Å². The van der Waals surface area contributed by atoms with Crippen LogP contribution in [0.5, 0.6) is 0 Å². The molecule has 0 saturated heterocycles. The van der Waals surface area contributed by atoms with E-state index in [1.165, 1.54) is 5.56 Å². The number of methoxy groups -OCH3 is 1. The molecular weight excluding hydrogens is 310 g/mol. The maximum atomic E-state index is 13.2. The van der Waals surface area contributed by atoms with Gasteiger partial charge in [-0.05, 0) is 42.9 Å². The van der Waals surface area contributed by atoms with Crippen LogP contribution in [0, 0.1) is 0 Å². The van der Waals surface area contributed by atoms with Gasteiger partial charge in [0.15, 0.2) is 0 Å². The summed E-state index contributed by atoms with van der Waals surface area (Å²) in [7, 11) is -1.79. The van der Waals surface area contributed by atoms with E-state index in [1.807, 2.05) is 24.3 Å². The maximum absolute atomic E-state index is 13.2. The molecule has 2 aliphatic rings. The van der Waals surface area contributed by atoms with Crippen molar-refractivity contribution in [3.63, 3.8) is 0 Å².